The maximum atomic E-state index is 15.2. The first-order valence-electron chi connectivity index (χ1n) is 21.3. The Morgan fingerprint density at radius 2 is 1.70 bits per heavy atom. The molecule has 5 aromatic rings. The van der Waals surface area contributed by atoms with Gasteiger partial charge < -0.3 is 19.9 Å². The van der Waals surface area contributed by atoms with Crippen molar-refractivity contribution in [2.45, 2.75) is 44.6 Å². The molecule has 3 N–H and O–H groups in total. The van der Waals surface area contributed by atoms with Crippen molar-refractivity contribution >= 4 is 56.2 Å². The summed E-state index contributed by atoms with van der Waals surface area (Å²) in [5.74, 6) is -2.15. The summed E-state index contributed by atoms with van der Waals surface area (Å²) in [6, 6.07) is 12.5. The van der Waals surface area contributed by atoms with Crippen molar-refractivity contribution in [2.24, 2.45) is 0 Å². The predicted octanol–water partition coefficient (Wildman–Crippen LogP) is 3.47. The lowest BCUT2D eigenvalue weighted by Crippen LogP contribution is -2.52. The molecule has 1 unspecified atom stereocenters. The zero-order valence-electron chi connectivity index (χ0n) is 36.0. The zero-order valence-corrected chi connectivity index (χ0v) is 36.9. The van der Waals surface area contributed by atoms with Crippen LogP contribution in [-0.2, 0) is 24.6 Å². The summed E-state index contributed by atoms with van der Waals surface area (Å²) in [5.41, 5.74) is 0.612. The minimum atomic E-state index is -4.04. The van der Waals surface area contributed by atoms with Gasteiger partial charge in [0.2, 0.25) is 23.7 Å². The Bertz CT molecular complexity index is 2900. The molecule has 3 saturated heterocycles. The second-order valence-corrected chi connectivity index (χ2v) is 18.0. The van der Waals surface area contributed by atoms with Gasteiger partial charge in [0.05, 0.1) is 41.2 Å². The lowest BCUT2D eigenvalue weighted by atomic mass is 9.89. The molecule has 3 aliphatic rings. The van der Waals surface area contributed by atoms with E-state index in [4.69, 9.17) is 4.74 Å². The van der Waals surface area contributed by atoms with Crippen molar-refractivity contribution < 1.29 is 36.3 Å². The largest absolute Gasteiger partial charge is 0.453 e. The Hall–Kier alpha value is -7.09. The van der Waals surface area contributed by atoms with Gasteiger partial charge in [0.1, 0.15) is 35.6 Å². The van der Waals surface area contributed by atoms with E-state index in [0.717, 1.165) is 16.4 Å². The monoisotopic (exact) mass is 924 g/mol. The third kappa shape index (κ3) is 9.77. The average molecular weight is 925 g/mol. The summed E-state index contributed by atoms with van der Waals surface area (Å²) < 4.78 is 65.9. The minimum Gasteiger partial charge on any atom is -0.453 e. The van der Waals surface area contributed by atoms with E-state index in [1.165, 1.54) is 54.6 Å². The SMILES string of the molecule is CCN(C)S(=O)(=O)Nc1ccc(F)c(Oc2ccc3ncn(-c4cnc(N5CCN(C(=O)CN6CCC(c7ccc(NC8CCC(=O)NC8=O)cc7F)CC6)CC5)nc4)c(=O)c3c2)c1C#N. The van der Waals surface area contributed by atoms with Crippen LogP contribution in [0.25, 0.3) is 16.6 Å². The van der Waals surface area contributed by atoms with Crippen LogP contribution in [0.1, 0.15) is 49.7 Å². The Labute approximate surface area is 378 Å². The molecular formula is C44H46F2N12O7S. The highest BCUT2D eigenvalue weighted by molar-refractivity contribution is 7.90. The molecule has 0 radical (unpaired) electrons. The molecule has 3 aliphatic heterocycles. The number of hydrogen-bond acceptors (Lipinski definition) is 14. The van der Waals surface area contributed by atoms with Crippen LogP contribution in [-0.4, -0.2) is 125 Å². The number of halogens is 2. The fraction of sp³-hybridized carbons (Fsp3) is 0.364. The second kappa shape index (κ2) is 19.2. The lowest BCUT2D eigenvalue weighted by molar-refractivity contribution is -0.134. The first kappa shape index (κ1) is 45.5. The Kier molecular flexibility index (Phi) is 13.2. The van der Waals surface area contributed by atoms with Crippen molar-refractivity contribution in [1.29, 1.82) is 5.26 Å². The molecule has 3 aromatic carbocycles. The fourth-order valence-corrected chi connectivity index (χ4v) is 9.08. The number of likely N-dealkylation sites (tertiary alicyclic amines) is 1. The number of piperidine rings is 2. The Morgan fingerprint density at radius 1 is 0.955 bits per heavy atom. The third-order valence-corrected chi connectivity index (χ3v) is 13.6. The number of anilines is 3. The number of benzene rings is 3. The van der Waals surface area contributed by atoms with Crippen molar-refractivity contribution in [1.82, 2.24) is 38.9 Å². The Balaban J connectivity index is 0.845. The van der Waals surface area contributed by atoms with E-state index in [9.17, 15) is 32.9 Å². The van der Waals surface area contributed by atoms with E-state index in [0.29, 0.717) is 86.9 Å². The lowest BCUT2D eigenvalue weighted by Gasteiger charge is -2.37. The molecule has 3 amide bonds. The molecule has 0 saturated carbocycles. The summed E-state index contributed by atoms with van der Waals surface area (Å²) in [6.45, 7) is 5.19. The van der Waals surface area contributed by atoms with Crippen molar-refractivity contribution in [3.63, 3.8) is 0 Å². The molecule has 66 heavy (non-hydrogen) atoms. The van der Waals surface area contributed by atoms with Crippen LogP contribution >= 0.6 is 0 Å². The van der Waals surface area contributed by atoms with E-state index in [-0.39, 0.29) is 59.9 Å². The molecule has 2 aromatic heterocycles. The summed E-state index contributed by atoms with van der Waals surface area (Å²) in [4.78, 5) is 69.9. The molecule has 0 spiro atoms. The second-order valence-electron chi connectivity index (χ2n) is 16.2. The van der Waals surface area contributed by atoms with Crippen LogP contribution in [0.5, 0.6) is 11.5 Å². The molecule has 5 heterocycles. The van der Waals surface area contributed by atoms with E-state index in [2.05, 4.69) is 35.2 Å². The van der Waals surface area contributed by atoms with Gasteiger partial charge in [-0.25, -0.2) is 23.7 Å². The van der Waals surface area contributed by atoms with Crippen molar-refractivity contribution in [3.05, 3.63) is 100 Å². The summed E-state index contributed by atoms with van der Waals surface area (Å²) in [6.07, 6.45) is 6.24. The van der Waals surface area contributed by atoms with Gasteiger partial charge in [-0.2, -0.15) is 18.0 Å². The van der Waals surface area contributed by atoms with Gasteiger partial charge in [-0.15, -0.1) is 0 Å². The molecule has 344 valence electrons. The normalized spacial score (nSPS) is 17.4. The number of piperazine rings is 1. The number of ether oxygens (including phenoxy) is 1. The first-order chi connectivity index (χ1) is 31.7. The fourth-order valence-electron chi connectivity index (χ4n) is 8.14. The minimum absolute atomic E-state index is 0.00298. The van der Waals surface area contributed by atoms with Crippen LogP contribution in [0.4, 0.5) is 26.1 Å². The highest BCUT2D eigenvalue weighted by Crippen LogP contribution is 2.35. The number of carbonyl (C=O) groups is 3. The molecule has 0 aliphatic carbocycles. The van der Waals surface area contributed by atoms with Gasteiger partial charge in [0.15, 0.2) is 11.6 Å². The van der Waals surface area contributed by atoms with E-state index in [1.54, 1.807) is 25.1 Å². The van der Waals surface area contributed by atoms with Gasteiger partial charge in [-0.1, -0.05) is 13.0 Å². The van der Waals surface area contributed by atoms with E-state index >= 15 is 8.78 Å². The number of nitriles is 1. The molecule has 19 nitrogen and oxygen atoms in total. The third-order valence-electron chi connectivity index (χ3n) is 12.1. The maximum absolute atomic E-state index is 15.2. The molecule has 3 fully saturated rings. The number of nitrogens with zero attached hydrogens (tertiary/aromatic N) is 9. The topological polar surface area (TPSA) is 228 Å². The van der Waals surface area contributed by atoms with Gasteiger partial charge in [0.25, 0.3) is 5.56 Å². The van der Waals surface area contributed by atoms with Crippen LogP contribution in [0.2, 0.25) is 0 Å². The average Bonchev–Trinajstić information content (AvgIpc) is 3.31. The molecular weight excluding hydrogens is 879 g/mol. The van der Waals surface area contributed by atoms with Crippen molar-refractivity contribution in [2.75, 3.05) is 74.3 Å². The number of aromatic nitrogens is 4. The number of fused-ring (bicyclic) bond motifs is 1. The first-order valence-corrected chi connectivity index (χ1v) is 22.8. The van der Waals surface area contributed by atoms with Crippen LogP contribution in [0.15, 0.2) is 72.0 Å². The van der Waals surface area contributed by atoms with E-state index in [1.807, 2.05) is 9.80 Å². The summed E-state index contributed by atoms with van der Waals surface area (Å²) in [7, 11) is -2.70. The number of nitrogens with one attached hydrogen (secondary N) is 3. The molecule has 1 atom stereocenters. The number of rotatable bonds is 13. The molecule has 0 bridgehead atoms. The highest BCUT2D eigenvalue weighted by Gasteiger charge is 2.30. The zero-order chi connectivity index (χ0) is 46.7. The maximum Gasteiger partial charge on any atom is 0.301 e. The van der Waals surface area contributed by atoms with Crippen LogP contribution in [0, 0.1) is 23.0 Å². The predicted molar refractivity (Wildman–Crippen MR) is 238 cm³/mol. The van der Waals surface area contributed by atoms with Crippen molar-refractivity contribution in [3.8, 4) is 23.3 Å². The van der Waals surface area contributed by atoms with Crippen LogP contribution in [0.3, 0.4) is 0 Å². The Morgan fingerprint density at radius 3 is 2.38 bits per heavy atom. The number of imide groups is 1. The standard InChI is InChI=1S/C44H46F2N12O7S/c1-3-54(2)66(63,64)53-37-9-7-34(45)41(33(37)22-47)65-30-5-8-36-32(21-30)43(62)58(26-50-36)29-23-48-44(49-24-29)57-18-16-56(17-19-57)40(60)25-55-14-12-27(13-15-55)31-6-4-28(20-35(31)46)51-38-10-11-39(59)52-42(38)61/h4-9,20-21,23-24,26-27,38,51,53H,3,10-19,25H2,1-2H3,(H,52,59,61). The number of carbonyl (C=O) groups excluding carboxylic acids is 3. The summed E-state index contributed by atoms with van der Waals surface area (Å²) in [5, 5.41) is 15.3. The quantitative estimate of drug-likeness (QED) is 0.144. The smallest absolute Gasteiger partial charge is 0.301 e. The van der Waals surface area contributed by atoms with Crippen LogP contribution < -0.4 is 30.6 Å². The number of hydrogen-bond donors (Lipinski definition) is 3. The summed E-state index contributed by atoms with van der Waals surface area (Å²) >= 11 is 0. The van der Waals surface area contributed by atoms with Gasteiger partial charge >= 0.3 is 10.2 Å². The van der Waals surface area contributed by atoms with E-state index < -0.39 is 44.8 Å². The van der Waals surface area contributed by atoms with Gasteiger partial charge in [0, 0.05) is 51.9 Å². The molecule has 22 heteroatoms. The highest BCUT2D eigenvalue weighted by atomic mass is 32.2. The van der Waals surface area contributed by atoms with Gasteiger partial charge in [-0.3, -0.25) is 38.7 Å². The number of amides is 3. The molecule has 8 rings (SSSR count). The van der Waals surface area contributed by atoms with Gasteiger partial charge in [-0.05, 0) is 86.3 Å².